The number of anilines is 1. The summed E-state index contributed by atoms with van der Waals surface area (Å²) in [5.41, 5.74) is 13.0. The SMILES string of the molecule is Nc1ccc(F)cc1[C@@H](N)C1CC1. The van der Waals surface area contributed by atoms with E-state index in [0.717, 1.165) is 18.4 Å². The Balaban J connectivity index is 2.31. The predicted molar refractivity (Wildman–Crippen MR) is 50.5 cm³/mol. The summed E-state index contributed by atoms with van der Waals surface area (Å²) in [6.07, 6.45) is 2.27. The molecule has 70 valence electrons. The molecular formula is C10H13FN2. The van der Waals surface area contributed by atoms with E-state index in [1.54, 1.807) is 6.07 Å². The number of halogens is 1. The van der Waals surface area contributed by atoms with Gasteiger partial charge in [0.05, 0.1) is 0 Å². The highest BCUT2D eigenvalue weighted by Crippen LogP contribution is 2.40. The van der Waals surface area contributed by atoms with E-state index < -0.39 is 0 Å². The Morgan fingerprint density at radius 1 is 1.38 bits per heavy atom. The molecule has 1 aromatic carbocycles. The van der Waals surface area contributed by atoms with Gasteiger partial charge in [-0.05, 0) is 42.5 Å². The van der Waals surface area contributed by atoms with E-state index in [1.807, 2.05) is 0 Å². The summed E-state index contributed by atoms with van der Waals surface area (Å²) >= 11 is 0. The number of rotatable bonds is 2. The number of nitrogens with two attached hydrogens (primary N) is 2. The van der Waals surface area contributed by atoms with Gasteiger partial charge in [-0.1, -0.05) is 0 Å². The second kappa shape index (κ2) is 3.00. The highest BCUT2D eigenvalue weighted by molar-refractivity contribution is 5.48. The Morgan fingerprint density at radius 2 is 2.08 bits per heavy atom. The van der Waals surface area contributed by atoms with Crippen molar-refractivity contribution in [2.75, 3.05) is 5.73 Å². The summed E-state index contributed by atoms with van der Waals surface area (Å²) in [6.45, 7) is 0. The van der Waals surface area contributed by atoms with Crippen LogP contribution < -0.4 is 11.5 Å². The summed E-state index contributed by atoms with van der Waals surface area (Å²) in [7, 11) is 0. The molecule has 0 amide bonds. The Hall–Kier alpha value is -1.09. The smallest absolute Gasteiger partial charge is 0.123 e. The van der Waals surface area contributed by atoms with E-state index in [9.17, 15) is 4.39 Å². The van der Waals surface area contributed by atoms with Gasteiger partial charge < -0.3 is 11.5 Å². The molecule has 2 rings (SSSR count). The average Bonchev–Trinajstić information content (AvgIpc) is 2.91. The molecule has 0 saturated heterocycles. The second-order valence-electron chi connectivity index (χ2n) is 3.64. The summed E-state index contributed by atoms with van der Waals surface area (Å²) in [5, 5.41) is 0. The molecule has 0 heterocycles. The molecular weight excluding hydrogens is 167 g/mol. The lowest BCUT2D eigenvalue weighted by Crippen LogP contribution is -2.14. The minimum absolute atomic E-state index is 0.0873. The van der Waals surface area contributed by atoms with Gasteiger partial charge in [-0.3, -0.25) is 0 Å². The minimum Gasteiger partial charge on any atom is -0.398 e. The summed E-state index contributed by atoms with van der Waals surface area (Å²) in [5.74, 6) is 0.240. The number of nitrogen functional groups attached to an aromatic ring is 1. The van der Waals surface area contributed by atoms with Crippen molar-refractivity contribution in [2.24, 2.45) is 11.7 Å². The fourth-order valence-corrected chi connectivity index (χ4v) is 1.54. The molecule has 0 radical (unpaired) electrons. The molecule has 2 nitrogen and oxygen atoms in total. The van der Waals surface area contributed by atoms with Gasteiger partial charge in [-0.25, -0.2) is 4.39 Å². The standard InChI is InChI=1S/C10H13FN2/c11-7-3-4-9(12)8(5-7)10(13)6-1-2-6/h3-6,10H,1-2,12-13H2/t10-/m0/s1. The van der Waals surface area contributed by atoms with Crippen LogP contribution in [0.25, 0.3) is 0 Å². The normalized spacial score (nSPS) is 18.6. The molecule has 0 unspecified atom stereocenters. The first-order chi connectivity index (χ1) is 6.18. The van der Waals surface area contributed by atoms with E-state index in [2.05, 4.69) is 0 Å². The molecule has 3 heteroatoms. The van der Waals surface area contributed by atoms with E-state index >= 15 is 0 Å². The van der Waals surface area contributed by atoms with E-state index in [4.69, 9.17) is 11.5 Å². The number of benzene rings is 1. The molecule has 0 spiro atoms. The number of hydrogen-bond donors (Lipinski definition) is 2. The first-order valence-electron chi connectivity index (χ1n) is 4.49. The third-order valence-corrected chi connectivity index (χ3v) is 2.54. The Morgan fingerprint density at radius 3 is 2.69 bits per heavy atom. The Bertz CT molecular complexity index is 321. The lowest BCUT2D eigenvalue weighted by atomic mass is 10.0. The van der Waals surface area contributed by atoms with Crippen LogP contribution in [0.2, 0.25) is 0 Å². The molecule has 13 heavy (non-hydrogen) atoms. The van der Waals surface area contributed by atoms with Gasteiger partial charge in [0, 0.05) is 11.7 Å². The van der Waals surface area contributed by atoms with Crippen LogP contribution in [-0.2, 0) is 0 Å². The van der Waals surface area contributed by atoms with Crippen molar-refractivity contribution in [3.63, 3.8) is 0 Å². The quantitative estimate of drug-likeness (QED) is 0.682. The Labute approximate surface area is 76.7 Å². The lowest BCUT2D eigenvalue weighted by Gasteiger charge is -2.13. The highest BCUT2D eigenvalue weighted by atomic mass is 19.1. The zero-order chi connectivity index (χ0) is 9.42. The molecule has 1 fully saturated rings. The fourth-order valence-electron chi connectivity index (χ4n) is 1.54. The van der Waals surface area contributed by atoms with E-state index in [0.29, 0.717) is 11.6 Å². The molecule has 0 bridgehead atoms. The minimum atomic E-state index is -0.264. The van der Waals surface area contributed by atoms with Crippen molar-refractivity contribution in [1.82, 2.24) is 0 Å². The van der Waals surface area contributed by atoms with Crippen LogP contribution in [0.1, 0.15) is 24.4 Å². The molecule has 1 aliphatic carbocycles. The van der Waals surface area contributed by atoms with E-state index in [-0.39, 0.29) is 11.9 Å². The van der Waals surface area contributed by atoms with Crippen molar-refractivity contribution in [3.05, 3.63) is 29.6 Å². The predicted octanol–water partition coefficient (Wildman–Crippen LogP) is 1.82. The molecule has 0 aromatic heterocycles. The van der Waals surface area contributed by atoms with Crippen LogP contribution in [0.5, 0.6) is 0 Å². The van der Waals surface area contributed by atoms with Gasteiger partial charge in [0.2, 0.25) is 0 Å². The maximum absolute atomic E-state index is 12.9. The largest absolute Gasteiger partial charge is 0.398 e. The van der Waals surface area contributed by atoms with Crippen molar-refractivity contribution in [1.29, 1.82) is 0 Å². The van der Waals surface area contributed by atoms with Gasteiger partial charge in [0.1, 0.15) is 5.82 Å². The van der Waals surface area contributed by atoms with Gasteiger partial charge in [-0.2, -0.15) is 0 Å². The van der Waals surface area contributed by atoms with Gasteiger partial charge >= 0.3 is 0 Å². The first kappa shape index (κ1) is 8.51. The molecule has 4 N–H and O–H groups in total. The first-order valence-corrected chi connectivity index (χ1v) is 4.49. The third kappa shape index (κ3) is 1.65. The topological polar surface area (TPSA) is 52.0 Å². The van der Waals surface area contributed by atoms with Gasteiger partial charge in [-0.15, -0.1) is 0 Å². The lowest BCUT2D eigenvalue weighted by molar-refractivity contribution is 0.603. The van der Waals surface area contributed by atoms with Gasteiger partial charge in [0.15, 0.2) is 0 Å². The van der Waals surface area contributed by atoms with Crippen LogP contribution >= 0.6 is 0 Å². The zero-order valence-electron chi connectivity index (χ0n) is 7.33. The van der Waals surface area contributed by atoms with Crippen molar-refractivity contribution >= 4 is 5.69 Å². The molecule has 1 aliphatic rings. The van der Waals surface area contributed by atoms with Crippen molar-refractivity contribution in [2.45, 2.75) is 18.9 Å². The highest BCUT2D eigenvalue weighted by Gasteiger charge is 2.30. The zero-order valence-corrected chi connectivity index (χ0v) is 7.33. The summed E-state index contributed by atoms with van der Waals surface area (Å²) < 4.78 is 12.9. The monoisotopic (exact) mass is 180 g/mol. The molecule has 1 saturated carbocycles. The summed E-state index contributed by atoms with van der Waals surface area (Å²) in [4.78, 5) is 0. The maximum Gasteiger partial charge on any atom is 0.123 e. The fraction of sp³-hybridized carbons (Fsp3) is 0.400. The summed E-state index contributed by atoms with van der Waals surface area (Å²) in [6, 6.07) is 4.29. The van der Waals surface area contributed by atoms with Crippen molar-refractivity contribution < 1.29 is 4.39 Å². The molecule has 0 aliphatic heterocycles. The number of hydrogen-bond acceptors (Lipinski definition) is 2. The van der Waals surface area contributed by atoms with Crippen molar-refractivity contribution in [3.8, 4) is 0 Å². The molecule has 1 atom stereocenters. The van der Waals surface area contributed by atoms with E-state index in [1.165, 1.54) is 12.1 Å². The maximum atomic E-state index is 12.9. The van der Waals surface area contributed by atoms with Crippen LogP contribution in [0.3, 0.4) is 0 Å². The third-order valence-electron chi connectivity index (χ3n) is 2.54. The second-order valence-corrected chi connectivity index (χ2v) is 3.64. The van der Waals surface area contributed by atoms with Crippen LogP contribution in [0.15, 0.2) is 18.2 Å². The molecule has 1 aromatic rings. The van der Waals surface area contributed by atoms with Crippen LogP contribution in [0.4, 0.5) is 10.1 Å². The average molecular weight is 180 g/mol. The van der Waals surface area contributed by atoms with Crippen LogP contribution in [-0.4, -0.2) is 0 Å². The van der Waals surface area contributed by atoms with Crippen LogP contribution in [0, 0.1) is 11.7 Å². The Kier molecular flexibility index (Phi) is 1.96. The van der Waals surface area contributed by atoms with Gasteiger partial charge in [0.25, 0.3) is 0 Å².